The third kappa shape index (κ3) is 3.24. The molecule has 1 amide bonds. The largest absolute Gasteiger partial charge is 0.479 e. The topological polar surface area (TPSA) is 60.2 Å². The summed E-state index contributed by atoms with van der Waals surface area (Å²) >= 11 is 6.20. The van der Waals surface area contributed by atoms with Crippen LogP contribution in [0.4, 0.5) is 0 Å². The highest BCUT2D eigenvalue weighted by molar-refractivity contribution is 6.31. The van der Waals surface area contributed by atoms with E-state index in [-0.39, 0.29) is 17.6 Å². The lowest BCUT2D eigenvalue weighted by Gasteiger charge is -2.32. The quantitative estimate of drug-likeness (QED) is 0.852. The second-order valence-corrected chi connectivity index (χ2v) is 6.45. The fraction of sp³-hybridized carbons (Fsp3) is 0.471. The molecule has 1 aliphatic heterocycles. The normalized spacial score (nSPS) is 17.8. The average Bonchev–Trinajstić information content (AvgIpc) is 2.99. The molecule has 1 saturated heterocycles. The summed E-state index contributed by atoms with van der Waals surface area (Å²) < 4.78 is 7.00. The van der Waals surface area contributed by atoms with Crippen molar-refractivity contribution in [3.63, 3.8) is 0 Å². The van der Waals surface area contributed by atoms with Crippen LogP contribution >= 0.6 is 11.6 Å². The van der Waals surface area contributed by atoms with Crippen molar-refractivity contribution in [2.75, 3.05) is 13.7 Å². The number of benzene rings is 1. The summed E-state index contributed by atoms with van der Waals surface area (Å²) in [6.45, 7) is 3.22. The molecule has 0 N–H and O–H groups in total. The van der Waals surface area contributed by atoms with E-state index in [2.05, 4.69) is 17.2 Å². The average molecular weight is 349 g/mol. The lowest BCUT2D eigenvalue weighted by atomic mass is 10.0. The minimum absolute atomic E-state index is 0.121. The lowest BCUT2D eigenvalue weighted by Crippen LogP contribution is -2.42. The van der Waals surface area contributed by atoms with Crippen molar-refractivity contribution < 1.29 is 9.53 Å². The molecular weight excluding hydrogens is 328 g/mol. The van der Waals surface area contributed by atoms with E-state index in [9.17, 15) is 4.79 Å². The number of amides is 1. The van der Waals surface area contributed by atoms with Crippen molar-refractivity contribution >= 4 is 17.5 Å². The van der Waals surface area contributed by atoms with Crippen LogP contribution in [0.15, 0.2) is 24.3 Å². The second kappa shape index (κ2) is 7.21. The molecule has 128 valence electrons. The zero-order valence-corrected chi connectivity index (χ0v) is 14.7. The summed E-state index contributed by atoms with van der Waals surface area (Å²) in [6, 6.07) is 7.73. The Morgan fingerprint density at radius 1 is 1.38 bits per heavy atom. The Morgan fingerprint density at radius 3 is 2.88 bits per heavy atom. The molecule has 3 rings (SSSR count). The zero-order chi connectivity index (χ0) is 17.1. The van der Waals surface area contributed by atoms with Crippen LogP contribution < -0.4 is 4.74 Å². The van der Waals surface area contributed by atoms with E-state index >= 15 is 0 Å². The highest BCUT2D eigenvalue weighted by Crippen LogP contribution is 2.24. The van der Waals surface area contributed by atoms with Crippen molar-refractivity contribution in [2.24, 2.45) is 0 Å². The van der Waals surface area contributed by atoms with Gasteiger partial charge in [-0.1, -0.05) is 35.0 Å². The second-order valence-electron chi connectivity index (χ2n) is 6.04. The Bertz CT molecular complexity index is 731. The van der Waals surface area contributed by atoms with Crippen molar-refractivity contribution in [1.29, 1.82) is 0 Å². The Labute approximate surface area is 146 Å². The molecule has 0 radical (unpaired) electrons. The maximum Gasteiger partial charge on any atom is 0.280 e. The Balaban J connectivity index is 1.86. The zero-order valence-electron chi connectivity index (χ0n) is 13.9. The van der Waals surface area contributed by atoms with Gasteiger partial charge in [0.15, 0.2) is 0 Å². The van der Waals surface area contributed by atoms with Gasteiger partial charge in [0, 0.05) is 17.6 Å². The van der Waals surface area contributed by atoms with E-state index < -0.39 is 0 Å². The number of halogens is 1. The molecule has 6 nitrogen and oxygen atoms in total. The van der Waals surface area contributed by atoms with E-state index in [1.807, 2.05) is 29.2 Å². The minimum Gasteiger partial charge on any atom is -0.479 e. The van der Waals surface area contributed by atoms with E-state index in [0.717, 1.165) is 31.4 Å². The molecule has 1 aliphatic rings. The summed E-state index contributed by atoms with van der Waals surface area (Å²) in [5.41, 5.74) is 1.16. The van der Waals surface area contributed by atoms with Crippen molar-refractivity contribution in [3.05, 3.63) is 40.5 Å². The number of hydrogen-bond acceptors (Lipinski definition) is 4. The highest BCUT2D eigenvalue weighted by Gasteiger charge is 2.30. The predicted octanol–water partition coefficient (Wildman–Crippen LogP) is 3.00. The number of piperidine rings is 1. The van der Waals surface area contributed by atoms with Crippen LogP contribution in [0.5, 0.6) is 5.88 Å². The lowest BCUT2D eigenvalue weighted by molar-refractivity contribution is 0.0625. The number of carbonyl (C=O) groups is 1. The molecule has 2 aromatic rings. The first-order chi connectivity index (χ1) is 11.6. The molecular formula is C17H21ClN4O2. The number of methoxy groups -OCH3 is 1. The van der Waals surface area contributed by atoms with E-state index in [1.165, 1.54) is 7.11 Å². The Kier molecular flexibility index (Phi) is 5.04. The molecule has 1 aromatic heterocycles. The number of hydrogen-bond donors (Lipinski definition) is 0. The van der Waals surface area contributed by atoms with Crippen LogP contribution in [0, 0.1) is 0 Å². The van der Waals surface area contributed by atoms with Crippen LogP contribution in [0.3, 0.4) is 0 Å². The maximum atomic E-state index is 12.8. The van der Waals surface area contributed by atoms with Crippen molar-refractivity contribution in [1.82, 2.24) is 19.9 Å². The first-order valence-corrected chi connectivity index (χ1v) is 8.51. The summed E-state index contributed by atoms with van der Waals surface area (Å²) in [5.74, 6) is 0.252. The third-order valence-corrected chi connectivity index (χ3v) is 4.80. The number of rotatable bonds is 4. The molecule has 0 spiro atoms. The number of carbonyl (C=O) groups excluding carboxylic acids is 1. The van der Waals surface area contributed by atoms with Crippen LogP contribution in [0.1, 0.15) is 42.2 Å². The molecule has 0 aliphatic carbocycles. The molecule has 1 fully saturated rings. The van der Waals surface area contributed by atoms with Crippen molar-refractivity contribution in [3.8, 4) is 5.88 Å². The van der Waals surface area contributed by atoms with Gasteiger partial charge in [0.05, 0.1) is 13.7 Å². The van der Waals surface area contributed by atoms with Crippen molar-refractivity contribution in [2.45, 2.75) is 38.8 Å². The van der Waals surface area contributed by atoms with E-state index in [1.54, 1.807) is 4.68 Å². The van der Waals surface area contributed by atoms with Gasteiger partial charge >= 0.3 is 0 Å². The van der Waals surface area contributed by atoms with Gasteiger partial charge in [-0.25, -0.2) is 4.68 Å². The molecule has 24 heavy (non-hydrogen) atoms. The Hall–Kier alpha value is -2.08. The monoisotopic (exact) mass is 348 g/mol. The highest BCUT2D eigenvalue weighted by atomic mass is 35.5. The smallest absolute Gasteiger partial charge is 0.280 e. The summed E-state index contributed by atoms with van der Waals surface area (Å²) in [7, 11) is 1.53. The fourth-order valence-corrected chi connectivity index (χ4v) is 3.26. The number of ether oxygens (including phenoxy) is 1. The van der Waals surface area contributed by atoms with Crippen LogP contribution in [-0.4, -0.2) is 45.5 Å². The first kappa shape index (κ1) is 16.8. The van der Waals surface area contributed by atoms with Gasteiger partial charge in [-0.15, -0.1) is 5.10 Å². The van der Waals surface area contributed by atoms with E-state index in [4.69, 9.17) is 16.3 Å². The Morgan fingerprint density at radius 2 is 2.17 bits per heavy atom. The van der Waals surface area contributed by atoms with Gasteiger partial charge in [-0.2, -0.15) is 0 Å². The molecule has 0 unspecified atom stereocenters. The van der Waals surface area contributed by atoms with Gasteiger partial charge in [-0.05, 0) is 37.8 Å². The fourth-order valence-electron chi connectivity index (χ4n) is 3.07. The number of nitrogens with zero attached hydrogens (tertiary/aromatic N) is 4. The summed E-state index contributed by atoms with van der Waals surface area (Å²) in [6.07, 6.45) is 3.19. The third-order valence-electron chi connectivity index (χ3n) is 4.43. The van der Waals surface area contributed by atoms with Crippen LogP contribution in [-0.2, 0) is 6.54 Å². The minimum atomic E-state index is -0.121. The van der Waals surface area contributed by atoms with E-state index in [0.29, 0.717) is 17.4 Å². The predicted molar refractivity (Wildman–Crippen MR) is 91.5 cm³/mol. The van der Waals surface area contributed by atoms with Gasteiger partial charge in [0.1, 0.15) is 0 Å². The maximum absolute atomic E-state index is 12.8. The summed E-state index contributed by atoms with van der Waals surface area (Å²) in [5, 5.41) is 8.82. The molecule has 7 heteroatoms. The molecule has 1 aromatic carbocycles. The van der Waals surface area contributed by atoms with Crippen LogP contribution in [0.25, 0.3) is 0 Å². The first-order valence-electron chi connectivity index (χ1n) is 8.13. The van der Waals surface area contributed by atoms with Gasteiger partial charge in [0.2, 0.25) is 11.6 Å². The molecule has 2 heterocycles. The molecule has 1 atom stereocenters. The van der Waals surface area contributed by atoms with Crippen LogP contribution in [0.2, 0.25) is 5.02 Å². The molecule has 0 saturated carbocycles. The van der Waals surface area contributed by atoms with Gasteiger partial charge < -0.3 is 9.64 Å². The standard InChI is InChI=1S/C17H21ClN4O2/c1-12-7-5-6-10-21(12)16(23)15-17(24-2)22(20-19-15)11-13-8-3-4-9-14(13)18/h3-4,8-9,12H,5-7,10-11H2,1-2H3/t12-/m0/s1. The number of likely N-dealkylation sites (tertiary alicyclic amines) is 1. The molecule has 0 bridgehead atoms. The number of aromatic nitrogens is 3. The SMILES string of the molecule is COc1c(C(=O)N2CCCC[C@@H]2C)nnn1Cc1ccccc1Cl. The van der Waals surface area contributed by atoms with Gasteiger partial charge in [0.25, 0.3) is 5.91 Å². The van der Waals surface area contributed by atoms with Gasteiger partial charge in [-0.3, -0.25) is 4.79 Å². The summed E-state index contributed by atoms with van der Waals surface area (Å²) in [4.78, 5) is 14.7.